The molecule has 1 heterocycles. The summed E-state index contributed by atoms with van der Waals surface area (Å²) in [7, 11) is 0. The Labute approximate surface area is 107 Å². The summed E-state index contributed by atoms with van der Waals surface area (Å²) >= 11 is 0. The molecule has 2 rings (SSSR count). The number of amides is 1. The first kappa shape index (κ1) is 13.4. The number of rotatable bonds is 2. The van der Waals surface area contributed by atoms with Crippen molar-refractivity contribution in [2.75, 3.05) is 13.1 Å². The van der Waals surface area contributed by atoms with E-state index in [2.05, 4.69) is 0 Å². The molecule has 0 aliphatic carbocycles. The van der Waals surface area contributed by atoms with Gasteiger partial charge in [0, 0.05) is 25.2 Å². The Balaban J connectivity index is 2.29. The fraction of sp³-hybridized carbons (Fsp3) is 0.364. The fourth-order valence-corrected chi connectivity index (χ4v) is 1.90. The van der Waals surface area contributed by atoms with Crippen LogP contribution < -0.4 is 0 Å². The minimum atomic E-state index is -1.09. The average molecular weight is 270 g/mol. The largest absolute Gasteiger partial charge is 0.388 e. The van der Waals surface area contributed by atoms with Crippen molar-refractivity contribution in [2.24, 2.45) is 0 Å². The van der Waals surface area contributed by atoms with E-state index in [1.807, 2.05) is 0 Å². The number of benzene rings is 1. The van der Waals surface area contributed by atoms with Crippen LogP contribution in [0.25, 0.3) is 0 Å². The minimum absolute atomic E-state index is 0.137. The molecule has 1 saturated heterocycles. The molecule has 0 saturated carbocycles. The topological polar surface area (TPSA) is 104 Å². The van der Waals surface area contributed by atoms with Gasteiger partial charge in [-0.05, 0) is 6.07 Å². The Hall–Kier alpha value is -2.06. The second-order valence-corrected chi connectivity index (χ2v) is 4.27. The van der Waals surface area contributed by atoms with Crippen molar-refractivity contribution in [1.29, 1.82) is 0 Å². The smallest absolute Gasteiger partial charge is 0.270 e. The maximum absolute atomic E-state index is 13.5. The minimum Gasteiger partial charge on any atom is -0.388 e. The van der Waals surface area contributed by atoms with Crippen LogP contribution in [0.15, 0.2) is 18.2 Å². The fourth-order valence-electron chi connectivity index (χ4n) is 1.90. The predicted octanol–water partition coefficient (Wildman–Crippen LogP) is -0.0885. The number of nitro groups is 1. The number of aliphatic hydroxyl groups excluding tert-OH is 2. The van der Waals surface area contributed by atoms with Crippen molar-refractivity contribution < 1.29 is 24.3 Å². The molecule has 1 aromatic carbocycles. The Morgan fingerprint density at radius 3 is 2.47 bits per heavy atom. The number of nitro benzene ring substituents is 1. The van der Waals surface area contributed by atoms with Gasteiger partial charge in [-0.3, -0.25) is 14.9 Å². The van der Waals surface area contributed by atoms with Gasteiger partial charge in [0.1, 0.15) is 5.82 Å². The molecule has 8 heteroatoms. The van der Waals surface area contributed by atoms with E-state index >= 15 is 0 Å². The molecule has 2 atom stereocenters. The van der Waals surface area contributed by atoms with Crippen molar-refractivity contribution in [3.05, 3.63) is 39.7 Å². The quantitative estimate of drug-likeness (QED) is 0.577. The number of hydrogen-bond acceptors (Lipinski definition) is 5. The second-order valence-electron chi connectivity index (χ2n) is 4.27. The molecule has 7 nitrogen and oxygen atoms in total. The van der Waals surface area contributed by atoms with Crippen LogP contribution in [-0.2, 0) is 0 Å². The van der Waals surface area contributed by atoms with E-state index in [-0.39, 0.29) is 13.1 Å². The second kappa shape index (κ2) is 4.90. The SMILES string of the molecule is O=C(c1cc([N+](=O)[O-])ccc1F)N1C[C@@H](O)[C@@H](O)C1. The molecule has 1 aromatic rings. The number of non-ortho nitro benzene ring substituents is 1. The first-order chi connectivity index (χ1) is 8.90. The molecular weight excluding hydrogens is 259 g/mol. The zero-order chi connectivity index (χ0) is 14.2. The monoisotopic (exact) mass is 270 g/mol. The molecule has 0 unspecified atom stereocenters. The lowest BCUT2D eigenvalue weighted by Crippen LogP contribution is -2.30. The zero-order valence-corrected chi connectivity index (χ0v) is 9.69. The maximum atomic E-state index is 13.5. The highest BCUT2D eigenvalue weighted by molar-refractivity contribution is 5.95. The van der Waals surface area contributed by atoms with E-state index in [0.717, 1.165) is 23.1 Å². The molecule has 19 heavy (non-hydrogen) atoms. The first-order valence-electron chi connectivity index (χ1n) is 5.49. The maximum Gasteiger partial charge on any atom is 0.270 e. The Kier molecular flexibility index (Phi) is 3.45. The van der Waals surface area contributed by atoms with Crippen LogP contribution in [0, 0.1) is 15.9 Å². The van der Waals surface area contributed by atoms with Crippen LogP contribution in [-0.4, -0.2) is 51.2 Å². The summed E-state index contributed by atoms with van der Waals surface area (Å²) in [5, 5.41) is 29.3. The number of likely N-dealkylation sites (tertiary alicyclic amines) is 1. The summed E-state index contributed by atoms with van der Waals surface area (Å²) in [6.45, 7) is -0.274. The van der Waals surface area contributed by atoms with Crippen LogP contribution in [0.3, 0.4) is 0 Å². The van der Waals surface area contributed by atoms with E-state index < -0.39 is 40.1 Å². The standard InChI is InChI=1S/C11H11FN2O5/c12-8-2-1-6(14(18)19)3-7(8)11(17)13-4-9(15)10(16)5-13/h1-3,9-10,15-16H,4-5H2/t9-,10+. The Morgan fingerprint density at radius 1 is 1.37 bits per heavy atom. The molecule has 1 aliphatic rings. The van der Waals surface area contributed by atoms with Crippen molar-refractivity contribution in [1.82, 2.24) is 4.90 Å². The molecule has 0 radical (unpaired) electrons. The molecule has 2 N–H and O–H groups in total. The number of nitrogens with zero attached hydrogens (tertiary/aromatic N) is 2. The van der Waals surface area contributed by atoms with Crippen molar-refractivity contribution >= 4 is 11.6 Å². The summed E-state index contributed by atoms with van der Waals surface area (Å²) in [4.78, 5) is 22.9. The first-order valence-corrected chi connectivity index (χ1v) is 5.49. The molecule has 1 fully saturated rings. The van der Waals surface area contributed by atoms with Gasteiger partial charge in [-0.25, -0.2) is 4.39 Å². The lowest BCUT2D eigenvalue weighted by Gasteiger charge is -2.15. The molecule has 1 aliphatic heterocycles. The summed E-state index contributed by atoms with van der Waals surface area (Å²) in [5.41, 5.74) is -0.847. The van der Waals surface area contributed by atoms with Crippen molar-refractivity contribution in [3.8, 4) is 0 Å². The summed E-state index contributed by atoms with van der Waals surface area (Å²) in [6.07, 6.45) is -2.18. The van der Waals surface area contributed by atoms with Crippen LogP contribution in [0.4, 0.5) is 10.1 Å². The molecular formula is C11H11FN2O5. The van der Waals surface area contributed by atoms with Crippen molar-refractivity contribution in [2.45, 2.75) is 12.2 Å². The highest BCUT2D eigenvalue weighted by Crippen LogP contribution is 2.20. The lowest BCUT2D eigenvalue weighted by molar-refractivity contribution is -0.384. The normalized spacial score (nSPS) is 22.6. The number of β-amino-alcohol motifs (C(OH)–C–C–N with tert-alkyl or cyclic N) is 2. The van der Waals surface area contributed by atoms with Crippen LogP contribution in [0.1, 0.15) is 10.4 Å². The third-order valence-corrected chi connectivity index (χ3v) is 2.94. The summed E-state index contributed by atoms with van der Waals surface area (Å²) in [5.74, 6) is -1.68. The van der Waals surface area contributed by atoms with Gasteiger partial charge in [-0.15, -0.1) is 0 Å². The Morgan fingerprint density at radius 2 is 1.95 bits per heavy atom. The molecule has 0 aromatic heterocycles. The average Bonchev–Trinajstić information content (AvgIpc) is 2.69. The van der Waals surface area contributed by atoms with Crippen molar-refractivity contribution in [3.63, 3.8) is 0 Å². The molecule has 102 valence electrons. The number of hydrogen-bond donors (Lipinski definition) is 2. The van der Waals surface area contributed by atoms with Gasteiger partial charge >= 0.3 is 0 Å². The van der Waals surface area contributed by atoms with E-state index in [9.17, 15) is 29.5 Å². The van der Waals surface area contributed by atoms with Gasteiger partial charge in [0.2, 0.25) is 0 Å². The highest BCUT2D eigenvalue weighted by atomic mass is 19.1. The number of aliphatic hydroxyl groups is 2. The number of carbonyl (C=O) groups excluding carboxylic acids is 1. The molecule has 1 amide bonds. The van der Waals surface area contributed by atoms with E-state index in [1.165, 1.54) is 0 Å². The highest BCUT2D eigenvalue weighted by Gasteiger charge is 2.34. The third-order valence-electron chi connectivity index (χ3n) is 2.94. The lowest BCUT2D eigenvalue weighted by atomic mass is 10.1. The molecule has 0 bridgehead atoms. The van der Waals surface area contributed by atoms with Gasteiger partial charge in [0.05, 0.1) is 22.7 Å². The molecule has 0 spiro atoms. The predicted molar refractivity (Wildman–Crippen MR) is 61.0 cm³/mol. The third kappa shape index (κ3) is 2.54. The van der Waals surface area contributed by atoms with Crippen LogP contribution in [0.2, 0.25) is 0 Å². The number of carbonyl (C=O) groups is 1. The summed E-state index contributed by atoms with van der Waals surface area (Å²) in [6, 6.07) is 2.64. The van der Waals surface area contributed by atoms with E-state index in [0.29, 0.717) is 0 Å². The number of halogens is 1. The van der Waals surface area contributed by atoms with Gasteiger partial charge in [-0.2, -0.15) is 0 Å². The van der Waals surface area contributed by atoms with Gasteiger partial charge in [0.25, 0.3) is 11.6 Å². The Bertz CT molecular complexity index is 526. The van der Waals surface area contributed by atoms with Gasteiger partial charge in [-0.1, -0.05) is 0 Å². The van der Waals surface area contributed by atoms with Gasteiger partial charge in [0.15, 0.2) is 0 Å². The summed E-state index contributed by atoms with van der Waals surface area (Å²) < 4.78 is 13.5. The van der Waals surface area contributed by atoms with Gasteiger partial charge < -0.3 is 15.1 Å². The van der Waals surface area contributed by atoms with E-state index in [1.54, 1.807) is 0 Å². The zero-order valence-electron chi connectivity index (χ0n) is 9.69. The van der Waals surface area contributed by atoms with Crippen LogP contribution >= 0.6 is 0 Å². The van der Waals surface area contributed by atoms with Crippen LogP contribution in [0.5, 0.6) is 0 Å². The van der Waals surface area contributed by atoms with E-state index in [4.69, 9.17) is 0 Å².